The summed E-state index contributed by atoms with van der Waals surface area (Å²) in [5.41, 5.74) is 8.04. The Morgan fingerprint density at radius 2 is 2.13 bits per heavy atom. The first-order chi connectivity index (χ1) is 7.22. The van der Waals surface area contributed by atoms with Crippen molar-refractivity contribution in [3.8, 4) is 0 Å². The minimum atomic E-state index is -0.623. The molecule has 3 N–H and O–H groups in total. The number of aliphatic hydroxyl groups excluding tert-OH is 1. The minimum Gasteiger partial charge on any atom is -0.387 e. The van der Waals surface area contributed by atoms with Crippen LogP contribution in [0.5, 0.6) is 0 Å². The molecule has 1 heterocycles. The Labute approximate surface area is 88.6 Å². The number of fused-ring (bicyclic) bond motifs is 1. The molecule has 1 atom stereocenters. The van der Waals surface area contributed by atoms with Crippen molar-refractivity contribution in [3.63, 3.8) is 0 Å². The van der Waals surface area contributed by atoms with Gasteiger partial charge >= 0.3 is 0 Å². The quantitative estimate of drug-likeness (QED) is 0.776. The van der Waals surface area contributed by atoms with Crippen LogP contribution < -0.4 is 5.73 Å². The van der Waals surface area contributed by atoms with Gasteiger partial charge in [-0.3, -0.25) is 4.98 Å². The van der Waals surface area contributed by atoms with Crippen LogP contribution >= 0.6 is 0 Å². The molecule has 1 aromatic carbocycles. The van der Waals surface area contributed by atoms with Gasteiger partial charge in [0.15, 0.2) is 0 Å². The molecule has 3 nitrogen and oxygen atoms in total. The van der Waals surface area contributed by atoms with Gasteiger partial charge in [-0.05, 0) is 19.1 Å². The van der Waals surface area contributed by atoms with E-state index in [1.807, 2.05) is 37.3 Å². The summed E-state index contributed by atoms with van der Waals surface area (Å²) in [6.45, 7) is 2.11. The number of aliphatic hydroxyl groups is 1. The molecule has 0 amide bonds. The van der Waals surface area contributed by atoms with Crippen LogP contribution in [-0.4, -0.2) is 16.6 Å². The molecule has 15 heavy (non-hydrogen) atoms. The van der Waals surface area contributed by atoms with Crippen LogP contribution in [0.4, 0.5) is 0 Å². The largest absolute Gasteiger partial charge is 0.387 e. The summed E-state index contributed by atoms with van der Waals surface area (Å²) in [6, 6.07) is 9.80. The maximum Gasteiger partial charge on any atom is 0.0929 e. The molecule has 0 saturated carbocycles. The van der Waals surface area contributed by atoms with Crippen LogP contribution in [0.1, 0.15) is 17.4 Å². The second-order valence-electron chi connectivity index (χ2n) is 3.61. The monoisotopic (exact) mass is 202 g/mol. The first-order valence-electron chi connectivity index (χ1n) is 4.97. The predicted octanol–water partition coefficient (Wildman–Crippen LogP) is 1.54. The highest BCUT2D eigenvalue weighted by molar-refractivity contribution is 5.79. The molecule has 0 spiro atoms. The lowest BCUT2D eigenvalue weighted by molar-refractivity contribution is 0.185. The molecule has 0 saturated heterocycles. The number of benzene rings is 1. The Morgan fingerprint density at radius 1 is 1.40 bits per heavy atom. The molecule has 0 aliphatic heterocycles. The molecule has 1 aromatic heterocycles. The van der Waals surface area contributed by atoms with Crippen molar-refractivity contribution in [3.05, 3.63) is 41.6 Å². The summed E-state index contributed by atoms with van der Waals surface area (Å²) in [5, 5.41) is 10.7. The van der Waals surface area contributed by atoms with E-state index in [0.29, 0.717) is 0 Å². The van der Waals surface area contributed by atoms with Gasteiger partial charge in [0.2, 0.25) is 0 Å². The van der Waals surface area contributed by atoms with Crippen molar-refractivity contribution < 1.29 is 5.11 Å². The highest BCUT2D eigenvalue weighted by atomic mass is 16.3. The Balaban J connectivity index is 2.61. The van der Waals surface area contributed by atoms with Gasteiger partial charge in [0.25, 0.3) is 0 Å². The summed E-state index contributed by atoms with van der Waals surface area (Å²) in [4.78, 5) is 4.43. The fourth-order valence-electron chi connectivity index (χ4n) is 1.69. The number of pyridine rings is 1. The van der Waals surface area contributed by atoms with Crippen LogP contribution in [0.25, 0.3) is 10.9 Å². The van der Waals surface area contributed by atoms with Crippen LogP contribution in [0.15, 0.2) is 30.3 Å². The van der Waals surface area contributed by atoms with Crippen molar-refractivity contribution in [2.45, 2.75) is 13.0 Å². The van der Waals surface area contributed by atoms with Crippen molar-refractivity contribution >= 4 is 10.9 Å². The lowest BCUT2D eigenvalue weighted by Crippen LogP contribution is -2.13. The van der Waals surface area contributed by atoms with Crippen molar-refractivity contribution in [1.29, 1.82) is 0 Å². The van der Waals surface area contributed by atoms with Gasteiger partial charge in [0, 0.05) is 23.2 Å². The number of hydrogen-bond acceptors (Lipinski definition) is 3. The number of nitrogens with two attached hydrogens (primary N) is 1. The molecular weight excluding hydrogens is 188 g/mol. The molecular formula is C12H14N2O. The van der Waals surface area contributed by atoms with E-state index in [0.717, 1.165) is 22.2 Å². The molecule has 2 rings (SSSR count). The number of rotatable bonds is 2. The molecule has 2 aromatic rings. The van der Waals surface area contributed by atoms with Gasteiger partial charge < -0.3 is 10.8 Å². The van der Waals surface area contributed by atoms with E-state index in [2.05, 4.69) is 4.98 Å². The van der Waals surface area contributed by atoms with Gasteiger partial charge in [0.1, 0.15) is 0 Å². The van der Waals surface area contributed by atoms with E-state index >= 15 is 0 Å². The van der Waals surface area contributed by atoms with Gasteiger partial charge in [-0.25, -0.2) is 0 Å². The van der Waals surface area contributed by atoms with E-state index in [4.69, 9.17) is 5.73 Å². The Morgan fingerprint density at radius 3 is 2.87 bits per heavy atom. The second-order valence-corrected chi connectivity index (χ2v) is 3.61. The molecule has 0 aliphatic rings. The Kier molecular flexibility index (Phi) is 2.66. The summed E-state index contributed by atoms with van der Waals surface area (Å²) in [5.74, 6) is 0. The van der Waals surface area contributed by atoms with Gasteiger partial charge in [-0.15, -0.1) is 0 Å². The van der Waals surface area contributed by atoms with E-state index in [1.165, 1.54) is 0 Å². The average molecular weight is 202 g/mol. The number of hydrogen-bond donors (Lipinski definition) is 2. The number of para-hydroxylation sites is 1. The summed E-state index contributed by atoms with van der Waals surface area (Å²) < 4.78 is 0. The fraction of sp³-hybridized carbons (Fsp3) is 0.250. The number of nitrogens with zero attached hydrogens (tertiary/aromatic N) is 1. The molecule has 0 radical (unpaired) electrons. The second kappa shape index (κ2) is 3.96. The van der Waals surface area contributed by atoms with Crippen LogP contribution in [-0.2, 0) is 0 Å². The first-order valence-corrected chi connectivity index (χ1v) is 4.97. The molecule has 0 aliphatic carbocycles. The zero-order valence-corrected chi connectivity index (χ0v) is 8.64. The molecule has 78 valence electrons. The van der Waals surface area contributed by atoms with Gasteiger partial charge in [-0.2, -0.15) is 0 Å². The summed E-state index contributed by atoms with van der Waals surface area (Å²) >= 11 is 0. The molecule has 3 heteroatoms. The van der Waals surface area contributed by atoms with E-state index in [-0.39, 0.29) is 6.54 Å². The van der Waals surface area contributed by atoms with Crippen molar-refractivity contribution in [2.24, 2.45) is 5.73 Å². The third-order valence-corrected chi connectivity index (χ3v) is 2.54. The van der Waals surface area contributed by atoms with Crippen LogP contribution in [0.2, 0.25) is 0 Å². The predicted molar refractivity (Wildman–Crippen MR) is 60.5 cm³/mol. The van der Waals surface area contributed by atoms with Gasteiger partial charge in [0.05, 0.1) is 11.6 Å². The molecule has 0 fully saturated rings. The number of aryl methyl sites for hydroxylation is 1. The molecule has 1 unspecified atom stereocenters. The van der Waals surface area contributed by atoms with Crippen molar-refractivity contribution in [2.75, 3.05) is 6.54 Å². The Bertz CT molecular complexity index is 482. The van der Waals surface area contributed by atoms with Crippen LogP contribution in [0.3, 0.4) is 0 Å². The van der Waals surface area contributed by atoms with E-state index in [9.17, 15) is 5.11 Å². The standard InChI is InChI=1S/C12H14N2O/c1-8-10(12(15)7-13)6-9-4-2-3-5-11(9)14-8/h2-6,12,15H,7,13H2,1H3. The summed E-state index contributed by atoms with van der Waals surface area (Å²) in [7, 11) is 0. The average Bonchev–Trinajstić information content (AvgIpc) is 2.27. The van der Waals surface area contributed by atoms with Gasteiger partial charge in [-0.1, -0.05) is 18.2 Å². The maximum atomic E-state index is 9.70. The smallest absolute Gasteiger partial charge is 0.0929 e. The highest BCUT2D eigenvalue weighted by Gasteiger charge is 2.10. The lowest BCUT2D eigenvalue weighted by Gasteiger charge is -2.11. The SMILES string of the molecule is Cc1nc2ccccc2cc1C(O)CN. The van der Waals surface area contributed by atoms with Crippen LogP contribution in [0, 0.1) is 6.92 Å². The normalized spacial score (nSPS) is 13.0. The molecule has 0 bridgehead atoms. The fourth-order valence-corrected chi connectivity index (χ4v) is 1.69. The maximum absolute atomic E-state index is 9.70. The topological polar surface area (TPSA) is 59.1 Å². The zero-order valence-electron chi connectivity index (χ0n) is 8.64. The summed E-state index contributed by atoms with van der Waals surface area (Å²) in [6.07, 6.45) is -0.623. The Hall–Kier alpha value is -1.45. The van der Waals surface area contributed by atoms with Crippen molar-refractivity contribution in [1.82, 2.24) is 4.98 Å². The lowest BCUT2D eigenvalue weighted by atomic mass is 10.1. The zero-order chi connectivity index (χ0) is 10.8. The number of aromatic nitrogens is 1. The highest BCUT2D eigenvalue weighted by Crippen LogP contribution is 2.20. The minimum absolute atomic E-state index is 0.223. The van der Waals surface area contributed by atoms with E-state index in [1.54, 1.807) is 0 Å². The van der Waals surface area contributed by atoms with E-state index < -0.39 is 6.10 Å². The third-order valence-electron chi connectivity index (χ3n) is 2.54. The third kappa shape index (κ3) is 1.84. The first kappa shape index (κ1) is 10.1.